The molecule has 1 aliphatic rings. The van der Waals surface area contributed by atoms with Gasteiger partial charge < -0.3 is 20.5 Å². The lowest BCUT2D eigenvalue weighted by atomic mass is 9.98. The van der Waals surface area contributed by atoms with E-state index in [2.05, 4.69) is 17.2 Å². The molecule has 2 unspecified atom stereocenters. The lowest BCUT2D eigenvalue weighted by molar-refractivity contribution is -0.142. The van der Waals surface area contributed by atoms with E-state index in [1.54, 1.807) is 0 Å². The van der Waals surface area contributed by atoms with E-state index in [1.807, 2.05) is 48.5 Å². The molecular formula is C25H28N2O7S. The molecule has 0 spiro atoms. The number of carboxylic acids is 1. The third-order valence-corrected chi connectivity index (χ3v) is 6.72. The SMILES string of the molecule is C=CCC(NC(=O)C(CCS(C)(=O)=O)NC(=O)OCC1c2ccccc2-c2ccccc21)C(=O)O. The molecule has 3 N–H and O–H groups in total. The van der Waals surface area contributed by atoms with E-state index in [-0.39, 0.29) is 31.1 Å². The normalized spacial score (nSPS) is 14.2. The molecule has 0 saturated heterocycles. The number of carbonyl (C=O) groups is 3. The maximum atomic E-state index is 12.7. The van der Waals surface area contributed by atoms with Gasteiger partial charge in [-0.3, -0.25) is 4.79 Å². The molecule has 2 amide bonds. The topological polar surface area (TPSA) is 139 Å². The Morgan fingerprint density at radius 3 is 2.11 bits per heavy atom. The monoisotopic (exact) mass is 500 g/mol. The zero-order chi connectivity index (χ0) is 25.6. The molecule has 186 valence electrons. The lowest BCUT2D eigenvalue weighted by Gasteiger charge is -2.21. The van der Waals surface area contributed by atoms with E-state index in [4.69, 9.17) is 4.74 Å². The van der Waals surface area contributed by atoms with Crippen LogP contribution in [0.15, 0.2) is 61.2 Å². The van der Waals surface area contributed by atoms with Gasteiger partial charge in [0.25, 0.3) is 0 Å². The Bertz CT molecular complexity index is 1180. The number of aliphatic carboxylic acids is 1. The summed E-state index contributed by atoms with van der Waals surface area (Å²) in [6.45, 7) is 3.47. The van der Waals surface area contributed by atoms with Crippen LogP contribution in [-0.2, 0) is 24.2 Å². The van der Waals surface area contributed by atoms with Crippen LogP contribution in [0.4, 0.5) is 4.79 Å². The molecule has 0 radical (unpaired) electrons. The smallest absolute Gasteiger partial charge is 0.407 e. The minimum Gasteiger partial charge on any atom is -0.480 e. The molecule has 3 rings (SSSR count). The van der Waals surface area contributed by atoms with E-state index >= 15 is 0 Å². The number of carbonyl (C=O) groups excluding carboxylic acids is 2. The first kappa shape index (κ1) is 26.0. The lowest BCUT2D eigenvalue weighted by Crippen LogP contribution is -2.52. The van der Waals surface area contributed by atoms with Crippen LogP contribution < -0.4 is 10.6 Å². The number of carboxylic acid groups (broad SMARTS) is 1. The number of ether oxygens (including phenoxy) is 1. The van der Waals surface area contributed by atoms with Crippen molar-refractivity contribution in [3.8, 4) is 11.1 Å². The van der Waals surface area contributed by atoms with Crippen molar-refractivity contribution in [2.75, 3.05) is 18.6 Å². The standard InChI is InChI=1S/C25H28N2O7S/c1-3-8-22(24(29)30)26-23(28)21(13-14-35(2,32)33)27-25(31)34-15-20-18-11-6-4-9-16(18)17-10-5-7-12-19(17)20/h3-7,9-12,20-22H,1,8,13-15H2,2H3,(H,26,28)(H,27,31)(H,29,30). The van der Waals surface area contributed by atoms with Crippen molar-refractivity contribution in [2.45, 2.75) is 30.8 Å². The second kappa shape index (κ2) is 11.2. The maximum absolute atomic E-state index is 12.7. The van der Waals surface area contributed by atoms with Gasteiger partial charge in [0.1, 0.15) is 28.5 Å². The minimum atomic E-state index is -3.44. The number of amides is 2. The number of fused-ring (bicyclic) bond motifs is 3. The summed E-state index contributed by atoms with van der Waals surface area (Å²) in [7, 11) is -3.44. The third-order valence-electron chi connectivity index (χ3n) is 5.75. The summed E-state index contributed by atoms with van der Waals surface area (Å²) in [5.74, 6) is -2.67. The zero-order valence-corrected chi connectivity index (χ0v) is 20.1. The molecule has 0 heterocycles. The highest BCUT2D eigenvalue weighted by Crippen LogP contribution is 2.44. The fraction of sp³-hybridized carbons (Fsp3) is 0.320. The van der Waals surface area contributed by atoms with Gasteiger partial charge in [-0.15, -0.1) is 6.58 Å². The van der Waals surface area contributed by atoms with E-state index in [0.29, 0.717) is 0 Å². The summed E-state index contributed by atoms with van der Waals surface area (Å²) >= 11 is 0. The van der Waals surface area contributed by atoms with Crippen molar-refractivity contribution >= 4 is 27.8 Å². The fourth-order valence-electron chi connectivity index (χ4n) is 4.04. The molecular weight excluding hydrogens is 472 g/mol. The van der Waals surface area contributed by atoms with Crippen molar-refractivity contribution in [2.24, 2.45) is 0 Å². The molecule has 0 aromatic heterocycles. The molecule has 0 fully saturated rings. The molecule has 1 aliphatic carbocycles. The van der Waals surface area contributed by atoms with Gasteiger partial charge in [0.15, 0.2) is 0 Å². The van der Waals surface area contributed by atoms with Gasteiger partial charge >= 0.3 is 12.1 Å². The largest absolute Gasteiger partial charge is 0.480 e. The minimum absolute atomic E-state index is 0.00842. The van der Waals surface area contributed by atoms with Crippen molar-refractivity contribution in [3.63, 3.8) is 0 Å². The molecule has 2 atom stereocenters. The number of hydrogen-bond donors (Lipinski definition) is 3. The highest BCUT2D eigenvalue weighted by molar-refractivity contribution is 7.90. The van der Waals surface area contributed by atoms with Crippen LogP contribution in [0.1, 0.15) is 29.9 Å². The molecule has 10 heteroatoms. The van der Waals surface area contributed by atoms with Gasteiger partial charge in [-0.2, -0.15) is 0 Å². The first-order valence-corrected chi connectivity index (χ1v) is 13.1. The van der Waals surface area contributed by atoms with Crippen LogP contribution >= 0.6 is 0 Å². The van der Waals surface area contributed by atoms with Gasteiger partial charge in [0.2, 0.25) is 5.91 Å². The molecule has 0 saturated carbocycles. The van der Waals surface area contributed by atoms with Gasteiger partial charge in [-0.25, -0.2) is 18.0 Å². The number of benzene rings is 2. The van der Waals surface area contributed by atoms with Crippen molar-refractivity contribution in [1.29, 1.82) is 0 Å². The predicted octanol–water partition coefficient (Wildman–Crippen LogP) is 2.47. The second-order valence-corrected chi connectivity index (χ2v) is 10.6. The van der Waals surface area contributed by atoms with E-state index < -0.39 is 39.9 Å². The first-order chi connectivity index (χ1) is 16.6. The second-order valence-electron chi connectivity index (χ2n) is 8.36. The van der Waals surface area contributed by atoms with Crippen LogP contribution in [0.25, 0.3) is 11.1 Å². The number of alkyl carbamates (subject to hydrolysis) is 1. The van der Waals surface area contributed by atoms with E-state index in [1.165, 1.54) is 6.08 Å². The Morgan fingerprint density at radius 2 is 1.60 bits per heavy atom. The summed E-state index contributed by atoms with van der Waals surface area (Å²) in [5.41, 5.74) is 4.15. The molecule has 0 aliphatic heterocycles. The van der Waals surface area contributed by atoms with Crippen LogP contribution in [-0.4, -0.2) is 62.2 Å². The van der Waals surface area contributed by atoms with Crippen molar-refractivity contribution in [1.82, 2.24) is 10.6 Å². The molecule has 35 heavy (non-hydrogen) atoms. The maximum Gasteiger partial charge on any atom is 0.407 e. The Balaban J connectivity index is 1.70. The first-order valence-electron chi connectivity index (χ1n) is 11.0. The Hall–Kier alpha value is -3.66. The Labute approximate surface area is 204 Å². The van der Waals surface area contributed by atoms with Gasteiger partial charge in [0.05, 0.1) is 5.75 Å². The Morgan fingerprint density at radius 1 is 1.03 bits per heavy atom. The average Bonchev–Trinajstić information content (AvgIpc) is 3.13. The zero-order valence-electron chi connectivity index (χ0n) is 19.3. The highest BCUT2D eigenvalue weighted by atomic mass is 32.2. The quantitative estimate of drug-likeness (QED) is 0.403. The van der Waals surface area contributed by atoms with Crippen LogP contribution in [0.2, 0.25) is 0 Å². The van der Waals surface area contributed by atoms with Crippen LogP contribution in [0, 0.1) is 0 Å². The number of hydrogen-bond acceptors (Lipinski definition) is 6. The summed E-state index contributed by atoms with van der Waals surface area (Å²) < 4.78 is 28.7. The molecule has 9 nitrogen and oxygen atoms in total. The van der Waals surface area contributed by atoms with E-state index in [9.17, 15) is 27.9 Å². The van der Waals surface area contributed by atoms with Gasteiger partial charge in [-0.05, 0) is 35.1 Å². The van der Waals surface area contributed by atoms with E-state index in [0.717, 1.165) is 28.5 Å². The van der Waals surface area contributed by atoms with Gasteiger partial charge in [0, 0.05) is 12.2 Å². The number of sulfone groups is 1. The van der Waals surface area contributed by atoms with Crippen LogP contribution in [0.5, 0.6) is 0 Å². The summed E-state index contributed by atoms with van der Waals surface area (Å²) in [4.78, 5) is 36.7. The Kier molecular flexibility index (Phi) is 8.29. The summed E-state index contributed by atoms with van der Waals surface area (Å²) in [5, 5.41) is 14.0. The van der Waals surface area contributed by atoms with Crippen molar-refractivity contribution < 1.29 is 32.6 Å². The molecule has 0 bridgehead atoms. The van der Waals surface area contributed by atoms with Crippen molar-refractivity contribution in [3.05, 3.63) is 72.3 Å². The fourth-order valence-corrected chi connectivity index (χ4v) is 4.71. The highest BCUT2D eigenvalue weighted by Gasteiger charge is 2.31. The third kappa shape index (κ3) is 6.69. The summed E-state index contributed by atoms with van der Waals surface area (Å²) in [6.07, 6.45) is 1.16. The summed E-state index contributed by atoms with van der Waals surface area (Å²) in [6, 6.07) is 13.1. The predicted molar refractivity (Wildman–Crippen MR) is 131 cm³/mol. The van der Waals surface area contributed by atoms with Crippen LogP contribution in [0.3, 0.4) is 0 Å². The number of nitrogens with one attached hydrogen (secondary N) is 2. The molecule has 2 aromatic rings. The van der Waals surface area contributed by atoms with Gasteiger partial charge in [-0.1, -0.05) is 54.6 Å². The average molecular weight is 501 g/mol. The number of rotatable bonds is 11. The molecule has 2 aromatic carbocycles.